The van der Waals surface area contributed by atoms with Crippen molar-refractivity contribution in [3.8, 4) is 0 Å². The van der Waals surface area contributed by atoms with Crippen LogP contribution in [0.3, 0.4) is 0 Å². The van der Waals surface area contributed by atoms with E-state index in [2.05, 4.69) is 32.1 Å². The van der Waals surface area contributed by atoms with Gasteiger partial charge >= 0.3 is 5.97 Å². The smallest absolute Gasteiger partial charge is 0.328 e. The number of carbonyl (C=O) groups is 3. The number of carbonyl (C=O) groups excluding carboxylic acids is 3. The zero-order valence-corrected chi connectivity index (χ0v) is 15.7. The van der Waals surface area contributed by atoms with Crippen LogP contribution in [0.5, 0.6) is 0 Å². The van der Waals surface area contributed by atoms with Crippen LogP contribution in [0.2, 0.25) is 0 Å². The number of nitrogens with zero attached hydrogens (tertiary/aromatic N) is 3. The predicted molar refractivity (Wildman–Crippen MR) is 99.5 cm³/mol. The van der Waals surface area contributed by atoms with Crippen molar-refractivity contribution in [1.29, 1.82) is 0 Å². The van der Waals surface area contributed by atoms with Crippen molar-refractivity contribution < 1.29 is 23.7 Å². The first-order chi connectivity index (χ1) is 12.7. The lowest BCUT2D eigenvalue weighted by atomic mass is 9.97. The van der Waals surface area contributed by atoms with Gasteiger partial charge in [0.2, 0.25) is 0 Å². The minimum atomic E-state index is -0.698. The number of rotatable bonds is 2. The van der Waals surface area contributed by atoms with E-state index in [-0.39, 0.29) is 12.8 Å². The standard InChI is InChI=1S/C20H22N3O4/c1-21-12-23(2,3)11-16-15-10-14(5-4-13(15)6-7-17(16)21)20(26)27-22-18(24)8-9-19(22)25/h4-7,10H,8-9,11-12H2,1-3H3/q+1. The number of benzene rings is 2. The number of hydroxylamine groups is 2. The highest BCUT2D eigenvalue weighted by atomic mass is 16.7. The molecule has 0 aromatic heterocycles. The van der Waals surface area contributed by atoms with Crippen LogP contribution in [-0.4, -0.2) is 55.1 Å². The van der Waals surface area contributed by atoms with Crippen molar-refractivity contribution in [3.05, 3.63) is 41.5 Å². The topological polar surface area (TPSA) is 66.9 Å². The van der Waals surface area contributed by atoms with Gasteiger partial charge in [0.05, 0.1) is 25.3 Å². The predicted octanol–water partition coefficient (Wildman–Crippen LogP) is 2.04. The molecule has 0 N–H and O–H groups in total. The van der Waals surface area contributed by atoms with Crippen LogP contribution in [0.4, 0.5) is 5.69 Å². The fourth-order valence-electron chi connectivity index (χ4n) is 3.94. The van der Waals surface area contributed by atoms with Crippen LogP contribution in [-0.2, 0) is 21.0 Å². The Morgan fingerprint density at radius 2 is 1.74 bits per heavy atom. The Hall–Kier alpha value is -2.93. The van der Waals surface area contributed by atoms with Crippen molar-refractivity contribution in [1.82, 2.24) is 5.06 Å². The molecule has 1 fully saturated rings. The molecule has 140 valence electrons. The summed E-state index contributed by atoms with van der Waals surface area (Å²) in [4.78, 5) is 43.2. The summed E-state index contributed by atoms with van der Waals surface area (Å²) in [5.41, 5.74) is 2.64. The Bertz CT molecular complexity index is 967. The fraction of sp³-hybridized carbons (Fsp3) is 0.350. The number of hydrogen-bond acceptors (Lipinski definition) is 5. The first-order valence-electron chi connectivity index (χ1n) is 8.92. The van der Waals surface area contributed by atoms with E-state index in [0.29, 0.717) is 10.6 Å². The molecular weight excluding hydrogens is 346 g/mol. The lowest BCUT2D eigenvalue weighted by Crippen LogP contribution is -2.50. The van der Waals surface area contributed by atoms with Crippen LogP contribution >= 0.6 is 0 Å². The number of imide groups is 1. The lowest BCUT2D eigenvalue weighted by Gasteiger charge is -2.40. The van der Waals surface area contributed by atoms with Crippen LogP contribution in [0.1, 0.15) is 28.8 Å². The number of amides is 2. The molecule has 2 amide bonds. The number of quaternary nitrogens is 1. The van der Waals surface area contributed by atoms with Crippen LogP contribution in [0, 0.1) is 0 Å². The van der Waals surface area contributed by atoms with Gasteiger partial charge in [0.1, 0.15) is 6.54 Å². The molecule has 0 unspecified atom stereocenters. The zero-order valence-electron chi connectivity index (χ0n) is 15.7. The van der Waals surface area contributed by atoms with E-state index >= 15 is 0 Å². The maximum Gasteiger partial charge on any atom is 0.363 e. The summed E-state index contributed by atoms with van der Waals surface area (Å²) in [5, 5.41) is 2.61. The lowest BCUT2D eigenvalue weighted by molar-refractivity contribution is -0.904. The number of anilines is 1. The van der Waals surface area contributed by atoms with Gasteiger partial charge in [0.15, 0.2) is 6.67 Å². The second-order valence-corrected chi connectivity index (χ2v) is 7.89. The zero-order chi connectivity index (χ0) is 19.3. The normalized spacial score (nSPS) is 18.8. The van der Waals surface area contributed by atoms with E-state index in [1.54, 1.807) is 12.1 Å². The van der Waals surface area contributed by atoms with Gasteiger partial charge in [-0.15, -0.1) is 5.06 Å². The molecule has 2 aromatic rings. The highest BCUT2D eigenvalue weighted by Crippen LogP contribution is 2.35. The third-order valence-corrected chi connectivity index (χ3v) is 5.12. The first-order valence-corrected chi connectivity index (χ1v) is 8.92. The van der Waals surface area contributed by atoms with Gasteiger partial charge in [0.25, 0.3) is 11.8 Å². The van der Waals surface area contributed by atoms with Gasteiger partial charge in [0, 0.05) is 25.5 Å². The Balaban J connectivity index is 1.72. The van der Waals surface area contributed by atoms with Crippen LogP contribution in [0.15, 0.2) is 30.3 Å². The average molecular weight is 368 g/mol. The van der Waals surface area contributed by atoms with Gasteiger partial charge in [-0.3, -0.25) is 9.59 Å². The summed E-state index contributed by atoms with van der Waals surface area (Å²) >= 11 is 0. The Labute approximate surface area is 157 Å². The summed E-state index contributed by atoms with van der Waals surface area (Å²) in [6, 6.07) is 9.47. The molecule has 2 aromatic carbocycles. The molecule has 0 aliphatic carbocycles. The molecule has 2 heterocycles. The van der Waals surface area contributed by atoms with Gasteiger partial charge in [-0.2, -0.15) is 0 Å². The molecule has 0 atom stereocenters. The molecule has 27 heavy (non-hydrogen) atoms. The summed E-state index contributed by atoms with van der Waals surface area (Å²) in [6.07, 6.45) is 0.160. The quantitative estimate of drug-likeness (QED) is 0.600. The van der Waals surface area contributed by atoms with Crippen LogP contribution < -0.4 is 4.90 Å². The minimum Gasteiger partial charge on any atom is -0.328 e. The van der Waals surface area contributed by atoms with Gasteiger partial charge in [-0.1, -0.05) is 12.1 Å². The van der Waals surface area contributed by atoms with Gasteiger partial charge in [-0.05, 0) is 29.0 Å². The van der Waals surface area contributed by atoms with E-state index in [1.807, 2.05) is 12.1 Å². The van der Waals surface area contributed by atoms with Crippen molar-refractivity contribution in [2.45, 2.75) is 19.4 Å². The van der Waals surface area contributed by atoms with E-state index in [1.165, 1.54) is 5.56 Å². The van der Waals surface area contributed by atoms with Crippen molar-refractivity contribution in [2.75, 3.05) is 32.7 Å². The van der Waals surface area contributed by atoms with E-state index in [4.69, 9.17) is 4.84 Å². The molecule has 0 bridgehead atoms. The fourth-order valence-corrected chi connectivity index (χ4v) is 3.94. The van der Waals surface area contributed by atoms with Crippen molar-refractivity contribution >= 4 is 34.2 Å². The number of hydrogen-bond donors (Lipinski definition) is 0. The maximum absolute atomic E-state index is 12.5. The molecule has 2 aliphatic rings. The monoisotopic (exact) mass is 368 g/mol. The SMILES string of the molecule is CN1C[N+](C)(C)Cc2c1ccc1ccc(C(=O)ON3C(=O)CCC3=O)cc21. The second-order valence-electron chi connectivity index (χ2n) is 7.89. The maximum atomic E-state index is 12.5. The van der Waals surface area contributed by atoms with Crippen molar-refractivity contribution in [3.63, 3.8) is 0 Å². The summed E-state index contributed by atoms with van der Waals surface area (Å²) in [5.74, 6) is -1.66. The van der Waals surface area contributed by atoms with E-state index < -0.39 is 17.8 Å². The second kappa shape index (κ2) is 6.06. The summed E-state index contributed by atoms with van der Waals surface area (Å²) in [6.45, 7) is 1.75. The first kappa shape index (κ1) is 17.5. The molecule has 7 nitrogen and oxygen atoms in total. The van der Waals surface area contributed by atoms with Gasteiger partial charge < -0.3 is 14.2 Å². The highest BCUT2D eigenvalue weighted by molar-refractivity contribution is 6.03. The van der Waals surface area contributed by atoms with Gasteiger partial charge in [-0.25, -0.2) is 4.79 Å². The molecule has 0 saturated carbocycles. The molecule has 2 aliphatic heterocycles. The molecule has 0 spiro atoms. The van der Waals surface area contributed by atoms with E-state index in [0.717, 1.165) is 34.2 Å². The number of fused-ring (bicyclic) bond motifs is 3. The van der Waals surface area contributed by atoms with Crippen LogP contribution in [0.25, 0.3) is 10.8 Å². The highest BCUT2D eigenvalue weighted by Gasteiger charge is 2.33. The Morgan fingerprint density at radius 1 is 1.07 bits per heavy atom. The largest absolute Gasteiger partial charge is 0.363 e. The molecular formula is C20H22N3O4+. The Morgan fingerprint density at radius 3 is 2.44 bits per heavy atom. The molecule has 4 rings (SSSR count). The van der Waals surface area contributed by atoms with Crippen molar-refractivity contribution in [2.24, 2.45) is 0 Å². The Kier molecular flexibility index (Phi) is 3.92. The third-order valence-electron chi connectivity index (χ3n) is 5.12. The summed E-state index contributed by atoms with van der Waals surface area (Å²) < 4.78 is 0.814. The average Bonchev–Trinajstić information content (AvgIpc) is 2.92. The van der Waals surface area contributed by atoms with E-state index in [9.17, 15) is 14.4 Å². The molecule has 1 saturated heterocycles. The molecule has 7 heteroatoms. The minimum absolute atomic E-state index is 0.0800. The third kappa shape index (κ3) is 3.04. The summed E-state index contributed by atoms with van der Waals surface area (Å²) in [7, 11) is 6.40. The molecule has 0 radical (unpaired) electrons.